The molecule has 6 nitrogen and oxygen atoms in total. The zero-order chi connectivity index (χ0) is 19.9. The number of furan rings is 1. The molecule has 2 heterocycles. The lowest BCUT2D eigenvalue weighted by molar-refractivity contribution is -0.121. The fourth-order valence-corrected chi connectivity index (χ4v) is 3.55. The van der Waals surface area contributed by atoms with Crippen LogP contribution in [-0.2, 0) is 17.8 Å². The second-order valence-corrected chi connectivity index (χ2v) is 7.42. The van der Waals surface area contributed by atoms with Crippen molar-refractivity contribution >= 4 is 22.6 Å². The minimum Gasteiger partial charge on any atom is -0.467 e. The molecule has 0 radical (unpaired) electrons. The highest BCUT2D eigenvalue weighted by molar-refractivity contribution is 7.09. The van der Waals surface area contributed by atoms with Crippen molar-refractivity contribution in [2.75, 3.05) is 11.4 Å². The highest BCUT2D eigenvalue weighted by atomic mass is 32.1. The van der Waals surface area contributed by atoms with E-state index in [9.17, 15) is 9.18 Å². The maximum absolute atomic E-state index is 13.0. The standard InChI is InChI=1S/C20H23FN4O2S/c1-14(2)25(10-9-19(26)22-13-17-4-3-11-27-17)20-23-18(24-28-20)12-15-5-7-16(21)8-6-15/h3-8,11,14H,9-10,12-13H2,1-2H3,(H,22,26). The van der Waals surface area contributed by atoms with E-state index in [0.717, 1.165) is 16.5 Å². The Balaban J connectivity index is 1.55. The van der Waals surface area contributed by atoms with Gasteiger partial charge in [-0.1, -0.05) is 12.1 Å². The largest absolute Gasteiger partial charge is 0.467 e. The van der Waals surface area contributed by atoms with Gasteiger partial charge in [0.2, 0.25) is 11.0 Å². The number of halogens is 1. The molecule has 0 atom stereocenters. The molecule has 28 heavy (non-hydrogen) atoms. The number of rotatable bonds is 9. The molecule has 3 rings (SSSR count). The van der Waals surface area contributed by atoms with Crippen molar-refractivity contribution in [3.63, 3.8) is 0 Å². The van der Waals surface area contributed by atoms with Crippen molar-refractivity contribution in [3.05, 3.63) is 65.6 Å². The van der Waals surface area contributed by atoms with Gasteiger partial charge in [-0.05, 0) is 43.7 Å². The quantitative estimate of drug-likeness (QED) is 0.590. The van der Waals surface area contributed by atoms with Crippen LogP contribution in [0.3, 0.4) is 0 Å². The van der Waals surface area contributed by atoms with Gasteiger partial charge in [0.15, 0.2) is 0 Å². The van der Waals surface area contributed by atoms with Crippen LogP contribution in [0.25, 0.3) is 0 Å². The highest BCUT2D eigenvalue weighted by Crippen LogP contribution is 2.21. The van der Waals surface area contributed by atoms with E-state index in [1.165, 1.54) is 23.7 Å². The molecule has 8 heteroatoms. The van der Waals surface area contributed by atoms with Crippen LogP contribution in [0.5, 0.6) is 0 Å². The summed E-state index contributed by atoms with van der Waals surface area (Å²) in [5.74, 6) is 1.12. The third-order valence-corrected chi connectivity index (χ3v) is 5.01. The summed E-state index contributed by atoms with van der Waals surface area (Å²) in [5.41, 5.74) is 0.958. The zero-order valence-corrected chi connectivity index (χ0v) is 16.7. The predicted molar refractivity (Wildman–Crippen MR) is 107 cm³/mol. The lowest BCUT2D eigenvalue weighted by Crippen LogP contribution is -2.35. The van der Waals surface area contributed by atoms with E-state index in [0.29, 0.717) is 31.8 Å². The molecule has 1 N–H and O–H groups in total. The number of anilines is 1. The summed E-state index contributed by atoms with van der Waals surface area (Å²) in [6, 6.07) is 10.1. The first-order valence-electron chi connectivity index (χ1n) is 9.14. The number of benzene rings is 1. The van der Waals surface area contributed by atoms with Crippen LogP contribution < -0.4 is 10.2 Å². The Bertz CT molecular complexity index is 878. The van der Waals surface area contributed by atoms with Gasteiger partial charge in [0.05, 0.1) is 12.8 Å². The number of hydrogen-bond acceptors (Lipinski definition) is 6. The maximum atomic E-state index is 13.0. The summed E-state index contributed by atoms with van der Waals surface area (Å²) < 4.78 is 22.7. The molecule has 3 aromatic rings. The minimum absolute atomic E-state index is 0.0434. The van der Waals surface area contributed by atoms with Crippen molar-refractivity contribution in [2.24, 2.45) is 0 Å². The van der Waals surface area contributed by atoms with Gasteiger partial charge < -0.3 is 14.6 Å². The van der Waals surface area contributed by atoms with Gasteiger partial charge in [-0.25, -0.2) is 9.37 Å². The molecule has 1 aromatic carbocycles. The van der Waals surface area contributed by atoms with Crippen molar-refractivity contribution in [1.82, 2.24) is 14.7 Å². The molecule has 0 aliphatic heterocycles. The Labute approximate surface area is 167 Å². The topological polar surface area (TPSA) is 71.3 Å². The average molecular weight is 402 g/mol. The smallest absolute Gasteiger partial charge is 0.222 e. The van der Waals surface area contributed by atoms with Gasteiger partial charge in [0.1, 0.15) is 17.4 Å². The van der Waals surface area contributed by atoms with E-state index >= 15 is 0 Å². The van der Waals surface area contributed by atoms with Crippen molar-refractivity contribution in [2.45, 2.75) is 39.3 Å². The molecular weight excluding hydrogens is 379 g/mol. The normalized spacial score (nSPS) is 11.0. The van der Waals surface area contributed by atoms with Gasteiger partial charge in [0.25, 0.3) is 0 Å². The monoisotopic (exact) mass is 402 g/mol. The maximum Gasteiger partial charge on any atom is 0.222 e. The first-order chi connectivity index (χ1) is 13.5. The number of nitrogens with one attached hydrogen (secondary N) is 1. The second kappa shape index (κ2) is 9.45. The molecule has 0 saturated carbocycles. The summed E-state index contributed by atoms with van der Waals surface area (Å²) in [5, 5.41) is 3.63. The second-order valence-electron chi connectivity index (χ2n) is 6.69. The number of nitrogens with zero attached hydrogens (tertiary/aromatic N) is 3. The highest BCUT2D eigenvalue weighted by Gasteiger charge is 2.17. The molecule has 148 valence electrons. The number of amides is 1. The van der Waals surface area contributed by atoms with Gasteiger partial charge >= 0.3 is 0 Å². The molecule has 1 amide bonds. The van der Waals surface area contributed by atoms with Crippen molar-refractivity contribution < 1.29 is 13.6 Å². The van der Waals surface area contributed by atoms with Crippen LogP contribution in [0, 0.1) is 5.82 Å². The van der Waals surface area contributed by atoms with E-state index in [2.05, 4.69) is 33.4 Å². The Morgan fingerprint density at radius 3 is 2.75 bits per heavy atom. The lowest BCUT2D eigenvalue weighted by atomic mass is 10.1. The van der Waals surface area contributed by atoms with Crippen LogP contribution in [0.1, 0.15) is 37.4 Å². The molecule has 0 aliphatic carbocycles. The number of hydrogen-bond donors (Lipinski definition) is 1. The Morgan fingerprint density at radius 2 is 2.07 bits per heavy atom. The lowest BCUT2D eigenvalue weighted by Gasteiger charge is -2.25. The molecule has 0 bridgehead atoms. The van der Waals surface area contributed by atoms with Crippen molar-refractivity contribution in [3.8, 4) is 0 Å². The summed E-state index contributed by atoms with van der Waals surface area (Å²) in [6.45, 7) is 5.05. The SMILES string of the molecule is CC(C)N(CCC(=O)NCc1ccco1)c1nc(Cc2ccc(F)cc2)ns1. The minimum atomic E-state index is -0.257. The fourth-order valence-electron chi connectivity index (χ4n) is 2.70. The third-order valence-electron chi connectivity index (χ3n) is 4.22. The summed E-state index contributed by atoms with van der Waals surface area (Å²) in [7, 11) is 0. The molecule has 0 spiro atoms. The summed E-state index contributed by atoms with van der Waals surface area (Å²) >= 11 is 1.32. The molecule has 0 unspecified atom stereocenters. The van der Waals surface area contributed by atoms with Crippen LogP contribution in [-0.4, -0.2) is 27.9 Å². The van der Waals surface area contributed by atoms with Gasteiger partial charge in [-0.2, -0.15) is 4.37 Å². The molecule has 2 aromatic heterocycles. The van der Waals surface area contributed by atoms with Crippen LogP contribution in [0.2, 0.25) is 0 Å². The Hall–Kier alpha value is -2.74. The van der Waals surface area contributed by atoms with Crippen LogP contribution in [0.4, 0.5) is 9.52 Å². The zero-order valence-electron chi connectivity index (χ0n) is 15.9. The average Bonchev–Trinajstić information content (AvgIpc) is 3.34. The van der Waals surface area contributed by atoms with E-state index < -0.39 is 0 Å². The predicted octanol–water partition coefficient (Wildman–Crippen LogP) is 3.78. The molecule has 0 fully saturated rings. The van der Waals surface area contributed by atoms with E-state index in [4.69, 9.17) is 4.42 Å². The van der Waals surface area contributed by atoms with Gasteiger partial charge in [0, 0.05) is 37.0 Å². The van der Waals surface area contributed by atoms with Crippen LogP contribution >= 0.6 is 11.5 Å². The Kier molecular flexibility index (Phi) is 6.76. The summed E-state index contributed by atoms with van der Waals surface area (Å²) in [4.78, 5) is 18.8. The summed E-state index contributed by atoms with van der Waals surface area (Å²) in [6.07, 6.45) is 2.49. The third kappa shape index (κ3) is 5.63. The van der Waals surface area contributed by atoms with Gasteiger partial charge in [-0.3, -0.25) is 4.79 Å². The van der Waals surface area contributed by atoms with E-state index in [1.54, 1.807) is 24.5 Å². The van der Waals surface area contributed by atoms with Gasteiger partial charge in [-0.15, -0.1) is 0 Å². The van der Waals surface area contributed by atoms with E-state index in [1.807, 2.05) is 6.07 Å². The number of carbonyl (C=O) groups excluding carboxylic acids is 1. The van der Waals surface area contributed by atoms with E-state index in [-0.39, 0.29) is 17.8 Å². The number of aromatic nitrogens is 2. The van der Waals surface area contributed by atoms with Crippen LogP contribution in [0.15, 0.2) is 47.1 Å². The fraction of sp³-hybridized carbons (Fsp3) is 0.350. The van der Waals surface area contributed by atoms with Crippen molar-refractivity contribution in [1.29, 1.82) is 0 Å². The number of carbonyl (C=O) groups is 1. The first-order valence-corrected chi connectivity index (χ1v) is 9.91. The molecule has 0 aliphatic rings. The molecule has 0 saturated heterocycles. The first kappa shape index (κ1) is 20.0. The molecular formula is C20H23FN4O2S. The Morgan fingerprint density at radius 1 is 1.29 bits per heavy atom.